The number of rotatable bonds is 8. The molecule has 0 spiro atoms. The summed E-state index contributed by atoms with van der Waals surface area (Å²) in [6, 6.07) is 9.20. The zero-order valence-electron chi connectivity index (χ0n) is 14.3. The Morgan fingerprint density at radius 2 is 2.21 bits per heavy atom. The van der Waals surface area contributed by atoms with Gasteiger partial charge in [0.2, 0.25) is 5.76 Å². The zero-order valence-corrected chi connectivity index (χ0v) is 14.3. The van der Waals surface area contributed by atoms with Gasteiger partial charge < -0.3 is 19.7 Å². The normalized spacial score (nSPS) is 13.3. The van der Waals surface area contributed by atoms with Crippen molar-refractivity contribution in [2.24, 2.45) is 0 Å². The van der Waals surface area contributed by atoms with Crippen LogP contribution in [0.3, 0.4) is 0 Å². The quantitative estimate of drug-likeness (QED) is 0.776. The SMILES string of the molecule is CCC(C)c1cc(C(=O)NCC(O)COc2cccc(C)c2)on1. The highest BCUT2D eigenvalue weighted by Gasteiger charge is 2.17. The highest BCUT2D eigenvalue weighted by atomic mass is 16.5. The summed E-state index contributed by atoms with van der Waals surface area (Å²) in [5, 5.41) is 16.4. The number of nitrogens with zero attached hydrogens (tertiary/aromatic N) is 1. The van der Waals surface area contributed by atoms with Gasteiger partial charge in [-0.25, -0.2) is 0 Å². The molecule has 2 unspecified atom stereocenters. The average molecular weight is 332 g/mol. The molecule has 0 bridgehead atoms. The van der Waals surface area contributed by atoms with E-state index in [2.05, 4.69) is 10.5 Å². The van der Waals surface area contributed by atoms with Gasteiger partial charge in [-0.1, -0.05) is 31.1 Å². The predicted molar refractivity (Wildman–Crippen MR) is 90.2 cm³/mol. The van der Waals surface area contributed by atoms with Crippen molar-refractivity contribution < 1.29 is 19.2 Å². The first-order valence-corrected chi connectivity index (χ1v) is 8.12. The van der Waals surface area contributed by atoms with Gasteiger partial charge in [0.25, 0.3) is 5.91 Å². The molecule has 0 saturated carbocycles. The number of carbonyl (C=O) groups is 1. The molecule has 2 atom stereocenters. The van der Waals surface area contributed by atoms with Gasteiger partial charge in [-0.2, -0.15) is 0 Å². The number of aromatic nitrogens is 1. The lowest BCUT2D eigenvalue weighted by atomic mass is 10.1. The summed E-state index contributed by atoms with van der Waals surface area (Å²) in [7, 11) is 0. The van der Waals surface area contributed by atoms with Gasteiger partial charge in [0.15, 0.2) is 0 Å². The fraction of sp³-hybridized carbons (Fsp3) is 0.444. The molecule has 130 valence electrons. The second kappa shape index (κ2) is 8.49. The Bertz CT molecular complexity index is 669. The molecule has 0 radical (unpaired) electrons. The summed E-state index contributed by atoms with van der Waals surface area (Å²) >= 11 is 0. The van der Waals surface area contributed by atoms with E-state index in [0.29, 0.717) is 5.75 Å². The smallest absolute Gasteiger partial charge is 0.289 e. The molecule has 0 aliphatic carbocycles. The number of carbonyl (C=O) groups excluding carboxylic acids is 1. The van der Waals surface area contributed by atoms with Crippen molar-refractivity contribution >= 4 is 5.91 Å². The van der Waals surface area contributed by atoms with Crippen LogP contribution in [0.2, 0.25) is 0 Å². The van der Waals surface area contributed by atoms with E-state index in [1.54, 1.807) is 6.07 Å². The first kappa shape index (κ1) is 18.0. The Morgan fingerprint density at radius 3 is 2.92 bits per heavy atom. The van der Waals surface area contributed by atoms with Crippen LogP contribution in [0.15, 0.2) is 34.9 Å². The third kappa shape index (κ3) is 5.09. The molecular weight excluding hydrogens is 308 g/mol. The summed E-state index contributed by atoms with van der Waals surface area (Å²) in [4.78, 5) is 12.0. The average Bonchev–Trinajstić information content (AvgIpc) is 3.07. The summed E-state index contributed by atoms with van der Waals surface area (Å²) < 4.78 is 10.5. The van der Waals surface area contributed by atoms with Crippen molar-refractivity contribution in [1.82, 2.24) is 10.5 Å². The highest BCUT2D eigenvalue weighted by molar-refractivity contribution is 5.91. The lowest BCUT2D eigenvalue weighted by Crippen LogP contribution is -2.35. The number of benzene rings is 1. The molecular formula is C18H24N2O4. The molecule has 24 heavy (non-hydrogen) atoms. The third-order valence-corrected chi connectivity index (χ3v) is 3.80. The van der Waals surface area contributed by atoms with Crippen LogP contribution in [0.4, 0.5) is 0 Å². The molecule has 1 heterocycles. The van der Waals surface area contributed by atoms with Crippen LogP contribution in [-0.4, -0.2) is 35.4 Å². The maximum absolute atomic E-state index is 12.0. The lowest BCUT2D eigenvalue weighted by Gasteiger charge is -2.13. The first-order chi connectivity index (χ1) is 11.5. The second-order valence-corrected chi connectivity index (χ2v) is 5.92. The van der Waals surface area contributed by atoms with Gasteiger partial charge in [-0.3, -0.25) is 4.79 Å². The van der Waals surface area contributed by atoms with Crippen molar-refractivity contribution in [1.29, 1.82) is 0 Å². The molecule has 1 aromatic carbocycles. The molecule has 6 nitrogen and oxygen atoms in total. The molecule has 0 saturated heterocycles. The molecule has 0 aliphatic heterocycles. The Kier molecular flexibility index (Phi) is 6.37. The summed E-state index contributed by atoms with van der Waals surface area (Å²) in [6.45, 7) is 6.20. The van der Waals surface area contributed by atoms with Crippen molar-refractivity contribution in [3.05, 3.63) is 47.3 Å². The standard InChI is InChI=1S/C18H24N2O4/c1-4-13(3)16-9-17(24-20-16)18(22)19-10-14(21)11-23-15-7-5-6-12(2)8-15/h5-9,13-14,21H,4,10-11H2,1-3H3,(H,19,22). The number of hydrogen-bond acceptors (Lipinski definition) is 5. The minimum atomic E-state index is -0.814. The monoisotopic (exact) mass is 332 g/mol. The number of aryl methyl sites for hydroxylation is 1. The van der Waals surface area contributed by atoms with E-state index in [1.807, 2.05) is 45.0 Å². The van der Waals surface area contributed by atoms with Gasteiger partial charge in [0.05, 0.1) is 5.69 Å². The van der Waals surface area contributed by atoms with E-state index in [9.17, 15) is 9.90 Å². The van der Waals surface area contributed by atoms with Crippen LogP contribution in [0, 0.1) is 6.92 Å². The molecule has 1 aromatic heterocycles. The van der Waals surface area contributed by atoms with Crippen LogP contribution in [0.25, 0.3) is 0 Å². The minimum absolute atomic E-state index is 0.0734. The van der Waals surface area contributed by atoms with Gasteiger partial charge >= 0.3 is 0 Å². The molecule has 0 fully saturated rings. The zero-order chi connectivity index (χ0) is 17.5. The highest BCUT2D eigenvalue weighted by Crippen LogP contribution is 2.18. The lowest BCUT2D eigenvalue weighted by molar-refractivity contribution is 0.0815. The van der Waals surface area contributed by atoms with Gasteiger partial charge in [0, 0.05) is 18.5 Å². The number of hydrogen-bond donors (Lipinski definition) is 2. The van der Waals surface area contributed by atoms with Crippen LogP contribution in [-0.2, 0) is 0 Å². The molecule has 6 heteroatoms. The summed E-state index contributed by atoms with van der Waals surface area (Å²) in [5.74, 6) is 0.682. The molecule has 2 N–H and O–H groups in total. The van der Waals surface area contributed by atoms with Gasteiger partial charge in [-0.15, -0.1) is 0 Å². The van der Waals surface area contributed by atoms with Gasteiger partial charge in [0.1, 0.15) is 18.5 Å². The van der Waals surface area contributed by atoms with Crippen molar-refractivity contribution in [3.63, 3.8) is 0 Å². The van der Waals surface area contributed by atoms with E-state index < -0.39 is 12.0 Å². The minimum Gasteiger partial charge on any atom is -0.491 e. The number of nitrogens with one attached hydrogen (secondary N) is 1. The molecule has 1 amide bonds. The Morgan fingerprint density at radius 1 is 1.42 bits per heavy atom. The van der Waals surface area contributed by atoms with E-state index in [1.165, 1.54) is 0 Å². The largest absolute Gasteiger partial charge is 0.491 e. The molecule has 0 aliphatic rings. The Hall–Kier alpha value is -2.34. The Balaban J connectivity index is 1.77. The topological polar surface area (TPSA) is 84.6 Å². The second-order valence-electron chi connectivity index (χ2n) is 5.92. The maximum Gasteiger partial charge on any atom is 0.289 e. The predicted octanol–water partition coefficient (Wildman–Crippen LogP) is 2.67. The van der Waals surface area contributed by atoms with E-state index >= 15 is 0 Å². The number of aliphatic hydroxyl groups excluding tert-OH is 1. The van der Waals surface area contributed by atoms with Crippen LogP contribution in [0.5, 0.6) is 5.75 Å². The molecule has 2 rings (SSSR count). The third-order valence-electron chi connectivity index (χ3n) is 3.80. The first-order valence-electron chi connectivity index (χ1n) is 8.12. The fourth-order valence-electron chi connectivity index (χ4n) is 2.09. The summed E-state index contributed by atoms with van der Waals surface area (Å²) in [6.07, 6.45) is 0.106. The van der Waals surface area contributed by atoms with Gasteiger partial charge in [-0.05, 0) is 31.0 Å². The number of aliphatic hydroxyl groups is 1. The number of ether oxygens (including phenoxy) is 1. The molecule has 2 aromatic rings. The van der Waals surface area contributed by atoms with Crippen molar-refractivity contribution in [2.45, 2.75) is 39.2 Å². The summed E-state index contributed by atoms with van der Waals surface area (Å²) in [5.41, 5.74) is 1.84. The van der Waals surface area contributed by atoms with Crippen LogP contribution in [0.1, 0.15) is 48.0 Å². The Labute approximate surface area is 141 Å². The van der Waals surface area contributed by atoms with E-state index in [4.69, 9.17) is 9.26 Å². The van der Waals surface area contributed by atoms with Crippen LogP contribution >= 0.6 is 0 Å². The van der Waals surface area contributed by atoms with Crippen molar-refractivity contribution in [2.75, 3.05) is 13.2 Å². The van der Waals surface area contributed by atoms with Crippen LogP contribution < -0.4 is 10.1 Å². The maximum atomic E-state index is 12.0. The van der Waals surface area contributed by atoms with E-state index in [0.717, 1.165) is 17.7 Å². The van der Waals surface area contributed by atoms with E-state index in [-0.39, 0.29) is 24.8 Å². The van der Waals surface area contributed by atoms with Crippen molar-refractivity contribution in [3.8, 4) is 5.75 Å². The fourth-order valence-corrected chi connectivity index (χ4v) is 2.09. The number of amides is 1.